The summed E-state index contributed by atoms with van der Waals surface area (Å²) in [5.41, 5.74) is 1.34. The van der Waals surface area contributed by atoms with Crippen LogP contribution in [0, 0.1) is 0 Å². The van der Waals surface area contributed by atoms with Crippen LogP contribution in [0.2, 0.25) is 0 Å². The molecule has 0 saturated heterocycles. The standard InChI is InChI=1S/C21H21NO4/c1-21(2,3)26-20(24)22-13-12-16-17(10-7-11-18(16)22)19(23)25-14-15-8-5-4-6-9-15/h4-13H,14H2,1-3H3. The van der Waals surface area contributed by atoms with E-state index >= 15 is 0 Å². The number of hydrogen-bond acceptors (Lipinski definition) is 4. The molecule has 0 aliphatic rings. The number of ether oxygens (including phenoxy) is 2. The normalized spacial score (nSPS) is 11.3. The van der Waals surface area contributed by atoms with Crippen LogP contribution < -0.4 is 0 Å². The molecule has 0 atom stereocenters. The molecule has 0 radical (unpaired) electrons. The highest BCUT2D eigenvalue weighted by molar-refractivity contribution is 6.05. The van der Waals surface area contributed by atoms with Crippen LogP contribution in [0.25, 0.3) is 10.9 Å². The Bertz CT molecular complexity index is 936. The highest BCUT2D eigenvalue weighted by Gasteiger charge is 2.21. The molecule has 0 bridgehead atoms. The molecule has 26 heavy (non-hydrogen) atoms. The van der Waals surface area contributed by atoms with Gasteiger partial charge >= 0.3 is 12.1 Å². The Morgan fingerprint density at radius 1 is 0.962 bits per heavy atom. The average molecular weight is 351 g/mol. The fraction of sp³-hybridized carbons (Fsp3) is 0.238. The van der Waals surface area contributed by atoms with Crippen molar-refractivity contribution < 1.29 is 19.1 Å². The van der Waals surface area contributed by atoms with Gasteiger partial charge < -0.3 is 9.47 Å². The van der Waals surface area contributed by atoms with Gasteiger partial charge in [0.05, 0.1) is 11.1 Å². The monoisotopic (exact) mass is 351 g/mol. The predicted molar refractivity (Wildman–Crippen MR) is 99.1 cm³/mol. The SMILES string of the molecule is CC(C)(C)OC(=O)n1ccc2c(C(=O)OCc3ccccc3)cccc21. The first-order valence-corrected chi connectivity index (χ1v) is 8.39. The number of aromatic nitrogens is 1. The zero-order chi connectivity index (χ0) is 18.7. The van der Waals surface area contributed by atoms with Gasteiger partial charge in [-0.05, 0) is 44.5 Å². The van der Waals surface area contributed by atoms with Gasteiger partial charge in [-0.25, -0.2) is 9.59 Å². The molecule has 2 aromatic carbocycles. The third-order valence-corrected chi connectivity index (χ3v) is 3.76. The minimum absolute atomic E-state index is 0.197. The predicted octanol–water partition coefficient (Wildman–Crippen LogP) is 4.78. The zero-order valence-electron chi connectivity index (χ0n) is 15.1. The number of rotatable bonds is 3. The molecule has 3 rings (SSSR count). The Labute approximate surface area is 152 Å². The van der Waals surface area contributed by atoms with Crippen molar-refractivity contribution in [2.75, 3.05) is 0 Å². The Morgan fingerprint density at radius 2 is 1.69 bits per heavy atom. The fourth-order valence-electron chi connectivity index (χ4n) is 2.62. The van der Waals surface area contributed by atoms with E-state index < -0.39 is 17.7 Å². The van der Waals surface area contributed by atoms with Crippen LogP contribution in [-0.4, -0.2) is 22.2 Å². The largest absolute Gasteiger partial charge is 0.457 e. The summed E-state index contributed by atoms with van der Waals surface area (Å²) < 4.78 is 12.2. The van der Waals surface area contributed by atoms with E-state index in [0.717, 1.165) is 5.56 Å². The van der Waals surface area contributed by atoms with Crippen molar-refractivity contribution in [3.8, 4) is 0 Å². The van der Waals surface area contributed by atoms with E-state index in [1.165, 1.54) is 4.57 Å². The smallest absolute Gasteiger partial charge is 0.418 e. The molecule has 0 N–H and O–H groups in total. The summed E-state index contributed by atoms with van der Waals surface area (Å²) in [6, 6.07) is 16.4. The van der Waals surface area contributed by atoms with Crippen molar-refractivity contribution in [1.82, 2.24) is 4.57 Å². The lowest BCUT2D eigenvalue weighted by molar-refractivity contribution is 0.0473. The van der Waals surface area contributed by atoms with E-state index in [4.69, 9.17) is 9.47 Å². The van der Waals surface area contributed by atoms with Crippen molar-refractivity contribution in [2.24, 2.45) is 0 Å². The third kappa shape index (κ3) is 3.94. The van der Waals surface area contributed by atoms with Crippen LogP contribution in [-0.2, 0) is 16.1 Å². The van der Waals surface area contributed by atoms with E-state index in [1.807, 2.05) is 51.1 Å². The number of benzene rings is 2. The van der Waals surface area contributed by atoms with Gasteiger partial charge in [0.15, 0.2) is 0 Å². The lowest BCUT2D eigenvalue weighted by atomic mass is 10.1. The first-order valence-electron chi connectivity index (χ1n) is 8.39. The summed E-state index contributed by atoms with van der Waals surface area (Å²) >= 11 is 0. The van der Waals surface area contributed by atoms with Crippen LogP contribution >= 0.6 is 0 Å². The summed E-state index contributed by atoms with van der Waals surface area (Å²) in [6.45, 7) is 5.62. The van der Waals surface area contributed by atoms with Crippen molar-refractivity contribution in [1.29, 1.82) is 0 Å². The van der Waals surface area contributed by atoms with E-state index in [0.29, 0.717) is 16.5 Å². The van der Waals surface area contributed by atoms with Gasteiger partial charge in [-0.3, -0.25) is 4.57 Å². The van der Waals surface area contributed by atoms with Crippen LogP contribution in [0.3, 0.4) is 0 Å². The second-order valence-electron chi connectivity index (χ2n) is 6.97. The molecule has 0 aliphatic carbocycles. The molecule has 1 aromatic heterocycles. The molecular formula is C21H21NO4. The summed E-state index contributed by atoms with van der Waals surface area (Å²) in [6.07, 6.45) is 1.12. The van der Waals surface area contributed by atoms with Crippen LogP contribution in [0.15, 0.2) is 60.8 Å². The van der Waals surface area contributed by atoms with Crippen molar-refractivity contribution in [3.63, 3.8) is 0 Å². The molecule has 0 saturated carbocycles. The van der Waals surface area contributed by atoms with E-state index in [-0.39, 0.29) is 6.61 Å². The number of carbonyl (C=O) groups is 2. The maximum Gasteiger partial charge on any atom is 0.418 e. The maximum absolute atomic E-state index is 12.5. The minimum atomic E-state index is -0.597. The maximum atomic E-state index is 12.5. The Kier molecular flexibility index (Phi) is 4.80. The molecule has 0 fully saturated rings. The Balaban J connectivity index is 1.84. The van der Waals surface area contributed by atoms with Crippen molar-refractivity contribution >= 4 is 23.0 Å². The molecule has 3 aromatic rings. The van der Waals surface area contributed by atoms with Gasteiger partial charge in [-0.2, -0.15) is 0 Å². The number of esters is 1. The van der Waals surface area contributed by atoms with Crippen LogP contribution in [0.1, 0.15) is 36.7 Å². The Hall–Kier alpha value is -3.08. The fourth-order valence-corrected chi connectivity index (χ4v) is 2.62. The van der Waals surface area contributed by atoms with Gasteiger partial charge in [-0.15, -0.1) is 0 Å². The summed E-state index contributed by atoms with van der Waals surface area (Å²) in [4.78, 5) is 24.8. The van der Waals surface area contributed by atoms with Crippen LogP contribution in [0.4, 0.5) is 4.79 Å². The summed E-state index contributed by atoms with van der Waals surface area (Å²) in [7, 11) is 0. The third-order valence-electron chi connectivity index (χ3n) is 3.76. The van der Waals surface area contributed by atoms with Gasteiger partial charge in [0.2, 0.25) is 0 Å². The topological polar surface area (TPSA) is 57.5 Å². The van der Waals surface area contributed by atoms with E-state index in [9.17, 15) is 9.59 Å². The van der Waals surface area contributed by atoms with E-state index in [1.54, 1.807) is 30.5 Å². The average Bonchev–Trinajstić information content (AvgIpc) is 3.03. The van der Waals surface area contributed by atoms with Crippen LogP contribution in [0.5, 0.6) is 0 Å². The summed E-state index contributed by atoms with van der Waals surface area (Å²) in [5.74, 6) is -0.429. The van der Waals surface area contributed by atoms with Gasteiger partial charge in [0, 0.05) is 11.6 Å². The summed E-state index contributed by atoms with van der Waals surface area (Å²) in [5, 5.41) is 0.649. The molecule has 5 nitrogen and oxygen atoms in total. The molecule has 0 unspecified atom stereocenters. The van der Waals surface area contributed by atoms with E-state index in [2.05, 4.69) is 0 Å². The quantitative estimate of drug-likeness (QED) is 0.637. The number of fused-ring (bicyclic) bond motifs is 1. The lowest BCUT2D eigenvalue weighted by Gasteiger charge is -2.19. The number of hydrogen-bond donors (Lipinski definition) is 0. The van der Waals surface area contributed by atoms with Gasteiger partial charge in [0.1, 0.15) is 12.2 Å². The molecule has 0 spiro atoms. The molecule has 134 valence electrons. The van der Waals surface area contributed by atoms with Gasteiger partial charge in [-0.1, -0.05) is 36.4 Å². The first-order chi connectivity index (χ1) is 12.3. The number of nitrogens with zero attached hydrogens (tertiary/aromatic N) is 1. The first kappa shape index (κ1) is 17.7. The molecular weight excluding hydrogens is 330 g/mol. The minimum Gasteiger partial charge on any atom is -0.457 e. The molecule has 5 heteroatoms. The molecule has 0 aliphatic heterocycles. The van der Waals surface area contributed by atoms with Gasteiger partial charge in [0.25, 0.3) is 0 Å². The second kappa shape index (κ2) is 7.04. The Morgan fingerprint density at radius 3 is 2.38 bits per heavy atom. The number of carbonyl (C=O) groups excluding carboxylic acids is 2. The highest BCUT2D eigenvalue weighted by atomic mass is 16.6. The molecule has 0 amide bonds. The lowest BCUT2D eigenvalue weighted by Crippen LogP contribution is -2.26. The van der Waals surface area contributed by atoms with Crippen molar-refractivity contribution in [3.05, 3.63) is 71.9 Å². The zero-order valence-corrected chi connectivity index (χ0v) is 15.1. The highest BCUT2D eigenvalue weighted by Crippen LogP contribution is 2.23. The molecule has 1 heterocycles. The van der Waals surface area contributed by atoms with Crippen molar-refractivity contribution in [2.45, 2.75) is 33.0 Å². The second-order valence-corrected chi connectivity index (χ2v) is 6.97.